The van der Waals surface area contributed by atoms with Crippen molar-refractivity contribution in [2.24, 2.45) is 0 Å². The summed E-state index contributed by atoms with van der Waals surface area (Å²) in [7, 11) is 0. The summed E-state index contributed by atoms with van der Waals surface area (Å²) in [6.45, 7) is 6.98. The van der Waals surface area contributed by atoms with Gasteiger partial charge in [-0.2, -0.15) is 13.2 Å². The highest BCUT2D eigenvalue weighted by atomic mass is 19.4. The van der Waals surface area contributed by atoms with E-state index in [4.69, 9.17) is 9.47 Å². The van der Waals surface area contributed by atoms with E-state index in [-0.39, 0.29) is 24.4 Å². The third-order valence-electron chi connectivity index (χ3n) is 6.39. The number of halogens is 3. The fourth-order valence-corrected chi connectivity index (χ4v) is 4.57. The summed E-state index contributed by atoms with van der Waals surface area (Å²) in [5.41, 5.74) is -0.937. The highest BCUT2D eigenvalue weighted by molar-refractivity contribution is 6.07. The van der Waals surface area contributed by atoms with Crippen LogP contribution in [0.3, 0.4) is 0 Å². The molecule has 1 aromatic rings. The lowest BCUT2D eigenvalue weighted by molar-refractivity contribution is -0.152. The molecule has 3 aliphatic rings. The number of rotatable bonds is 2. The first-order chi connectivity index (χ1) is 14.5. The number of amides is 1. The Labute approximate surface area is 178 Å². The Morgan fingerprint density at radius 1 is 1.19 bits per heavy atom. The molecular weight excluding hydrogens is 413 g/mol. The number of hydrogen-bond acceptors (Lipinski definition) is 5. The van der Waals surface area contributed by atoms with E-state index in [1.807, 2.05) is 0 Å². The van der Waals surface area contributed by atoms with E-state index in [9.17, 15) is 22.8 Å². The van der Waals surface area contributed by atoms with Crippen LogP contribution in [-0.4, -0.2) is 53.1 Å². The van der Waals surface area contributed by atoms with E-state index in [1.54, 1.807) is 6.92 Å². The second-order valence-corrected chi connectivity index (χ2v) is 8.61. The van der Waals surface area contributed by atoms with Crippen LogP contribution < -0.4 is 4.74 Å². The molecule has 0 bridgehead atoms. The Morgan fingerprint density at radius 2 is 1.87 bits per heavy atom. The van der Waals surface area contributed by atoms with Gasteiger partial charge in [0.05, 0.1) is 17.7 Å². The van der Waals surface area contributed by atoms with Crippen molar-refractivity contribution in [2.45, 2.75) is 58.0 Å². The zero-order chi connectivity index (χ0) is 22.6. The van der Waals surface area contributed by atoms with Crippen LogP contribution >= 0.6 is 0 Å². The highest BCUT2D eigenvalue weighted by Gasteiger charge is 2.52. The number of ether oxygens (including phenoxy) is 2. The third kappa shape index (κ3) is 3.79. The molecule has 0 aromatic heterocycles. The second kappa shape index (κ2) is 7.55. The maximum Gasteiger partial charge on any atom is 0.416 e. The van der Waals surface area contributed by atoms with Gasteiger partial charge in [-0.3, -0.25) is 4.79 Å². The monoisotopic (exact) mass is 438 g/mol. The maximum absolute atomic E-state index is 13.5. The smallest absolute Gasteiger partial charge is 0.416 e. The van der Waals surface area contributed by atoms with Crippen LogP contribution in [0.5, 0.6) is 5.75 Å². The second-order valence-electron chi connectivity index (χ2n) is 8.61. The fourth-order valence-electron chi connectivity index (χ4n) is 4.57. The number of piperidine rings is 1. The van der Waals surface area contributed by atoms with E-state index in [0.29, 0.717) is 43.3 Å². The van der Waals surface area contributed by atoms with E-state index in [1.165, 1.54) is 11.0 Å². The predicted octanol–water partition coefficient (Wildman–Crippen LogP) is 3.50. The summed E-state index contributed by atoms with van der Waals surface area (Å²) in [6.07, 6.45) is -3.49. The largest absolute Gasteiger partial charge is 0.473 e. The van der Waals surface area contributed by atoms with E-state index in [0.717, 1.165) is 12.1 Å². The average Bonchev–Trinajstić information content (AvgIpc) is 2.95. The zero-order valence-corrected chi connectivity index (χ0v) is 17.7. The SMILES string of the molecule is CC1=C(C(=O)N2COc3ccc(C(F)(F)F)cc3C2)C2(CCN(C(C)C)CC2)OC1=O. The molecule has 4 rings (SSSR count). The first kappa shape index (κ1) is 21.7. The predicted molar refractivity (Wildman–Crippen MR) is 105 cm³/mol. The molecule has 0 unspecified atom stereocenters. The number of nitrogens with zero attached hydrogens (tertiary/aromatic N) is 2. The van der Waals surface area contributed by atoms with Gasteiger partial charge in [-0.25, -0.2) is 4.79 Å². The molecule has 0 radical (unpaired) electrons. The van der Waals surface area contributed by atoms with Gasteiger partial charge in [0.15, 0.2) is 6.73 Å². The molecule has 0 N–H and O–H groups in total. The average molecular weight is 438 g/mol. The molecule has 0 saturated carbocycles. The van der Waals surface area contributed by atoms with Crippen molar-refractivity contribution in [2.75, 3.05) is 19.8 Å². The summed E-state index contributed by atoms with van der Waals surface area (Å²) in [6, 6.07) is 3.58. The Balaban J connectivity index is 1.59. The first-order valence-electron chi connectivity index (χ1n) is 10.3. The summed E-state index contributed by atoms with van der Waals surface area (Å²) < 4.78 is 50.5. The van der Waals surface area contributed by atoms with Crippen LogP contribution in [0, 0.1) is 0 Å². The van der Waals surface area contributed by atoms with Gasteiger partial charge >= 0.3 is 12.1 Å². The molecule has 9 heteroatoms. The summed E-state index contributed by atoms with van der Waals surface area (Å²) in [4.78, 5) is 29.4. The number of carbonyl (C=O) groups is 2. The van der Waals surface area contributed by atoms with Gasteiger partial charge in [0, 0.05) is 43.1 Å². The molecule has 168 valence electrons. The van der Waals surface area contributed by atoms with Crippen LogP contribution in [-0.2, 0) is 27.0 Å². The number of fused-ring (bicyclic) bond motifs is 1. The minimum absolute atomic E-state index is 0.0305. The molecule has 1 spiro atoms. The highest BCUT2D eigenvalue weighted by Crippen LogP contribution is 2.43. The van der Waals surface area contributed by atoms with Crippen LogP contribution in [0.1, 0.15) is 44.7 Å². The van der Waals surface area contributed by atoms with Crippen LogP contribution in [0.4, 0.5) is 13.2 Å². The quantitative estimate of drug-likeness (QED) is 0.662. The van der Waals surface area contributed by atoms with Crippen molar-refractivity contribution < 1.29 is 32.2 Å². The zero-order valence-electron chi connectivity index (χ0n) is 17.7. The first-order valence-corrected chi connectivity index (χ1v) is 10.3. The van der Waals surface area contributed by atoms with E-state index >= 15 is 0 Å². The minimum atomic E-state index is -4.49. The number of likely N-dealkylation sites (tertiary alicyclic amines) is 1. The number of benzene rings is 1. The van der Waals surface area contributed by atoms with Crippen LogP contribution in [0.2, 0.25) is 0 Å². The molecule has 0 aliphatic carbocycles. The van der Waals surface area contributed by atoms with Crippen molar-refractivity contribution in [1.82, 2.24) is 9.80 Å². The van der Waals surface area contributed by atoms with Gasteiger partial charge in [0.25, 0.3) is 5.91 Å². The molecule has 1 saturated heterocycles. The number of alkyl halides is 3. The van der Waals surface area contributed by atoms with Crippen molar-refractivity contribution in [3.8, 4) is 5.75 Å². The van der Waals surface area contributed by atoms with Gasteiger partial charge in [-0.1, -0.05) is 0 Å². The summed E-state index contributed by atoms with van der Waals surface area (Å²) in [5, 5.41) is 0. The molecule has 3 aliphatic heterocycles. The molecule has 0 atom stereocenters. The Kier molecular flexibility index (Phi) is 5.28. The summed E-state index contributed by atoms with van der Waals surface area (Å²) in [5.74, 6) is -0.620. The lowest BCUT2D eigenvalue weighted by Crippen LogP contribution is -2.51. The van der Waals surface area contributed by atoms with Crippen molar-refractivity contribution >= 4 is 11.9 Å². The van der Waals surface area contributed by atoms with Crippen LogP contribution in [0.25, 0.3) is 0 Å². The van der Waals surface area contributed by atoms with Crippen LogP contribution in [0.15, 0.2) is 29.3 Å². The number of carbonyl (C=O) groups excluding carboxylic acids is 2. The molecule has 31 heavy (non-hydrogen) atoms. The molecule has 3 heterocycles. The van der Waals surface area contributed by atoms with Gasteiger partial charge in [0.2, 0.25) is 0 Å². The minimum Gasteiger partial charge on any atom is -0.473 e. The summed E-state index contributed by atoms with van der Waals surface area (Å²) >= 11 is 0. The number of esters is 1. The van der Waals surface area contributed by atoms with Crippen molar-refractivity contribution in [3.05, 3.63) is 40.5 Å². The van der Waals surface area contributed by atoms with E-state index in [2.05, 4.69) is 18.7 Å². The van der Waals surface area contributed by atoms with Gasteiger partial charge in [-0.15, -0.1) is 0 Å². The Morgan fingerprint density at radius 3 is 2.48 bits per heavy atom. The lowest BCUT2D eigenvalue weighted by Gasteiger charge is -2.42. The van der Waals surface area contributed by atoms with Gasteiger partial charge in [0.1, 0.15) is 11.4 Å². The Bertz CT molecular complexity index is 947. The number of hydrogen-bond donors (Lipinski definition) is 0. The van der Waals surface area contributed by atoms with Crippen molar-refractivity contribution in [3.63, 3.8) is 0 Å². The maximum atomic E-state index is 13.5. The third-order valence-corrected chi connectivity index (χ3v) is 6.39. The van der Waals surface area contributed by atoms with E-state index < -0.39 is 29.2 Å². The molecule has 1 fully saturated rings. The standard InChI is InChI=1S/C22H25F3N2O4/c1-13(2)26-8-6-21(7-9-26)18(14(3)20(29)31-21)19(28)27-11-15-10-16(22(23,24)25)4-5-17(15)30-12-27/h4-5,10,13H,6-9,11-12H2,1-3H3. The normalized spacial score (nSPS) is 21.4. The molecule has 1 amide bonds. The van der Waals surface area contributed by atoms with Gasteiger partial charge < -0.3 is 19.3 Å². The Hall–Kier alpha value is -2.55. The lowest BCUT2D eigenvalue weighted by atomic mass is 9.82. The fraction of sp³-hybridized carbons (Fsp3) is 0.545. The topological polar surface area (TPSA) is 59.1 Å². The molecule has 6 nitrogen and oxygen atoms in total. The van der Waals surface area contributed by atoms with Gasteiger partial charge in [-0.05, 0) is 39.0 Å². The molecular formula is C22H25F3N2O4. The van der Waals surface area contributed by atoms with Crippen molar-refractivity contribution in [1.29, 1.82) is 0 Å². The molecule has 1 aromatic carbocycles.